The van der Waals surface area contributed by atoms with Crippen molar-refractivity contribution in [2.24, 2.45) is 5.92 Å². The van der Waals surface area contributed by atoms with Gasteiger partial charge in [0.05, 0.1) is 25.7 Å². The Morgan fingerprint density at radius 2 is 1.76 bits per heavy atom. The molecular weight excluding hydrogens is 703 g/mol. The lowest BCUT2D eigenvalue weighted by atomic mass is 9.90. The molecular formula is C43H39N3O7S. The Morgan fingerprint density at radius 1 is 0.907 bits per heavy atom. The summed E-state index contributed by atoms with van der Waals surface area (Å²) in [5, 5.41) is 8.94. The number of hydrogen-bond donors (Lipinski definition) is 3. The molecule has 2 amide bonds. The van der Waals surface area contributed by atoms with Crippen LogP contribution in [0.2, 0.25) is 0 Å². The molecule has 1 aliphatic heterocycles. The van der Waals surface area contributed by atoms with E-state index < -0.39 is 11.9 Å². The highest BCUT2D eigenvalue weighted by molar-refractivity contribution is 7.13. The van der Waals surface area contributed by atoms with Crippen molar-refractivity contribution in [3.63, 3.8) is 0 Å². The first-order chi connectivity index (χ1) is 26.1. The molecule has 3 heterocycles. The van der Waals surface area contributed by atoms with Crippen LogP contribution in [0.25, 0.3) is 43.6 Å². The van der Waals surface area contributed by atoms with Crippen LogP contribution < -0.4 is 15.4 Å². The van der Waals surface area contributed by atoms with Crippen molar-refractivity contribution >= 4 is 51.7 Å². The molecule has 4 aromatic carbocycles. The van der Waals surface area contributed by atoms with E-state index in [1.165, 1.54) is 13.2 Å². The number of H-pyrrole nitrogens is 1. The third kappa shape index (κ3) is 7.22. The number of aromatic nitrogens is 1. The Kier molecular flexibility index (Phi) is 10.3. The van der Waals surface area contributed by atoms with Crippen molar-refractivity contribution in [1.29, 1.82) is 0 Å². The number of amides is 2. The minimum atomic E-state index is -0.656. The number of carbonyl (C=O) groups is 4. The van der Waals surface area contributed by atoms with Gasteiger partial charge in [-0.1, -0.05) is 44.2 Å². The highest BCUT2D eigenvalue weighted by Crippen LogP contribution is 2.45. The number of carbonyl (C=O) groups excluding carboxylic acids is 4. The fraction of sp³-hybridized carbons (Fsp3) is 0.209. The van der Waals surface area contributed by atoms with Crippen molar-refractivity contribution in [3.8, 4) is 38.4 Å². The third-order valence-corrected chi connectivity index (χ3v) is 10.2. The largest absolute Gasteiger partial charge is 0.488 e. The quantitative estimate of drug-likeness (QED) is 0.113. The first-order valence-corrected chi connectivity index (χ1v) is 18.6. The normalized spacial score (nSPS) is 11.7. The lowest BCUT2D eigenvalue weighted by Gasteiger charge is -2.22. The SMILES string of the molecule is CCOC(=O)Cc1cccc(-c2c(NC(=O)c3cc4c(cc3-c3ccc(C(=O)NCC(C)C)cc3C(=O)OC)OCc3ccsc3-4)ccc3[nH]ccc23)c1. The molecule has 0 spiro atoms. The number of methoxy groups -OCH3 is 1. The molecule has 0 bridgehead atoms. The van der Waals surface area contributed by atoms with Gasteiger partial charge in [-0.05, 0) is 89.0 Å². The van der Waals surface area contributed by atoms with Crippen LogP contribution in [-0.2, 0) is 27.3 Å². The first-order valence-electron chi connectivity index (χ1n) is 17.7. The molecule has 0 radical (unpaired) electrons. The highest BCUT2D eigenvalue weighted by atomic mass is 32.1. The molecule has 2 aromatic heterocycles. The van der Waals surface area contributed by atoms with Gasteiger partial charge in [-0.3, -0.25) is 14.4 Å². The van der Waals surface area contributed by atoms with Crippen molar-refractivity contribution in [2.45, 2.75) is 33.8 Å². The smallest absolute Gasteiger partial charge is 0.338 e. The van der Waals surface area contributed by atoms with E-state index in [1.807, 2.05) is 74.0 Å². The molecule has 10 nitrogen and oxygen atoms in total. The Bertz CT molecular complexity index is 2430. The summed E-state index contributed by atoms with van der Waals surface area (Å²) in [4.78, 5) is 57.8. The minimum absolute atomic E-state index is 0.110. The maximum absolute atomic E-state index is 14.8. The summed E-state index contributed by atoms with van der Waals surface area (Å²) in [6, 6.07) is 23.7. The molecule has 0 fully saturated rings. The molecule has 54 heavy (non-hydrogen) atoms. The van der Waals surface area contributed by atoms with Crippen molar-refractivity contribution in [3.05, 3.63) is 118 Å². The van der Waals surface area contributed by atoms with Gasteiger partial charge in [0, 0.05) is 62.0 Å². The Morgan fingerprint density at radius 3 is 2.56 bits per heavy atom. The van der Waals surface area contributed by atoms with Gasteiger partial charge >= 0.3 is 11.9 Å². The molecule has 3 N–H and O–H groups in total. The predicted octanol–water partition coefficient (Wildman–Crippen LogP) is 8.65. The maximum atomic E-state index is 14.8. The van der Waals surface area contributed by atoms with Gasteiger partial charge in [-0.25, -0.2) is 4.79 Å². The van der Waals surface area contributed by atoms with E-state index in [-0.39, 0.29) is 40.9 Å². The predicted molar refractivity (Wildman–Crippen MR) is 210 cm³/mol. The highest BCUT2D eigenvalue weighted by Gasteiger charge is 2.27. The number of fused-ring (bicyclic) bond motifs is 4. The van der Waals surface area contributed by atoms with E-state index in [0.717, 1.165) is 43.6 Å². The minimum Gasteiger partial charge on any atom is -0.488 e. The van der Waals surface area contributed by atoms with Crippen LogP contribution in [0.1, 0.15) is 63.0 Å². The second-order valence-corrected chi connectivity index (χ2v) is 14.3. The van der Waals surface area contributed by atoms with E-state index in [9.17, 15) is 19.2 Å². The summed E-state index contributed by atoms with van der Waals surface area (Å²) in [5.74, 6) is -0.922. The summed E-state index contributed by atoms with van der Waals surface area (Å²) in [6.07, 6.45) is 1.95. The van der Waals surface area contributed by atoms with Gasteiger partial charge in [0.1, 0.15) is 12.4 Å². The number of rotatable bonds is 11. The lowest BCUT2D eigenvalue weighted by Crippen LogP contribution is -2.27. The van der Waals surface area contributed by atoms with Gasteiger partial charge in [-0.2, -0.15) is 0 Å². The van der Waals surface area contributed by atoms with Crippen LogP contribution in [0.4, 0.5) is 5.69 Å². The molecule has 0 saturated heterocycles. The van der Waals surface area contributed by atoms with E-state index in [0.29, 0.717) is 42.3 Å². The summed E-state index contributed by atoms with van der Waals surface area (Å²) >= 11 is 1.56. The molecule has 11 heteroatoms. The summed E-state index contributed by atoms with van der Waals surface area (Å²) in [7, 11) is 1.28. The molecule has 0 aliphatic carbocycles. The number of benzene rings is 4. The Labute approximate surface area is 316 Å². The van der Waals surface area contributed by atoms with Crippen LogP contribution in [0, 0.1) is 5.92 Å². The monoisotopic (exact) mass is 741 g/mol. The second kappa shape index (κ2) is 15.4. The van der Waals surface area contributed by atoms with E-state index in [1.54, 1.807) is 42.5 Å². The van der Waals surface area contributed by atoms with Crippen LogP contribution in [0.5, 0.6) is 5.75 Å². The number of esters is 2. The standard InChI is InChI=1S/C43H39N3O7S/c1-5-52-38(47)18-25-7-6-8-26(17-25)39-30-13-15-44-35(30)11-12-36(39)46-42(49)32-20-34-37(53-23-28-14-16-54-40(28)34)21-31(32)29-10-9-27(19-33(29)43(50)51-4)41(48)45-22-24(2)3/h6-17,19-21,24,44H,5,18,22-23H2,1-4H3,(H,45,48)(H,46,49). The zero-order valence-electron chi connectivity index (χ0n) is 30.3. The molecule has 0 atom stereocenters. The van der Waals surface area contributed by atoms with Gasteiger partial charge in [0.25, 0.3) is 11.8 Å². The van der Waals surface area contributed by atoms with Crippen molar-refractivity contribution in [2.75, 3.05) is 25.6 Å². The summed E-state index contributed by atoms with van der Waals surface area (Å²) in [6.45, 7) is 6.89. The average Bonchev–Trinajstić information content (AvgIpc) is 3.86. The summed E-state index contributed by atoms with van der Waals surface area (Å²) < 4.78 is 16.6. The molecule has 0 unspecified atom stereocenters. The van der Waals surface area contributed by atoms with Gasteiger partial charge in [-0.15, -0.1) is 11.3 Å². The third-order valence-electron chi connectivity index (χ3n) is 9.24. The zero-order valence-corrected chi connectivity index (χ0v) is 31.1. The lowest BCUT2D eigenvalue weighted by molar-refractivity contribution is -0.142. The first kappa shape index (κ1) is 36.2. The van der Waals surface area contributed by atoms with Gasteiger partial charge < -0.3 is 29.8 Å². The van der Waals surface area contributed by atoms with Crippen LogP contribution in [0.3, 0.4) is 0 Å². The molecule has 7 rings (SSSR count). The number of nitrogens with one attached hydrogen (secondary N) is 3. The fourth-order valence-corrected chi connectivity index (χ4v) is 7.61. The maximum Gasteiger partial charge on any atom is 0.338 e. The van der Waals surface area contributed by atoms with Crippen molar-refractivity contribution in [1.82, 2.24) is 10.3 Å². The number of anilines is 1. The Balaban J connectivity index is 1.35. The second-order valence-electron chi connectivity index (χ2n) is 13.4. The van der Waals surface area contributed by atoms with Gasteiger partial charge in [0.2, 0.25) is 0 Å². The molecule has 274 valence electrons. The van der Waals surface area contributed by atoms with E-state index in [2.05, 4.69) is 15.6 Å². The molecule has 1 aliphatic rings. The number of aromatic amines is 1. The topological polar surface area (TPSA) is 136 Å². The number of hydrogen-bond acceptors (Lipinski definition) is 8. The Hall–Kier alpha value is -6.20. The average molecular weight is 742 g/mol. The van der Waals surface area contributed by atoms with Gasteiger partial charge in [0.15, 0.2) is 0 Å². The number of ether oxygens (including phenoxy) is 3. The van der Waals surface area contributed by atoms with Crippen LogP contribution >= 0.6 is 11.3 Å². The van der Waals surface area contributed by atoms with Crippen molar-refractivity contribution < 1.29 is 33.4 Å². The zero-order chi connectivity index (χ0) is 37.9. The van der Waals surface area contributed by atoms with Crippen LogP contribution in [0.15, 0.2) is 90.4 Å². The van der Waals surface area contributed by atoms with E-state index >= 15 is 0 Å². The number of thiophene rings is 1. The fourth-order valence-electron chi connectivity index (χ4n) is 6.68. The van der Waals surface area contributed by atoms with Crippen LogP contribution in [-0.4, -0.2) is 49.0 Å². The summed E-state index contributed by atoms with van der Waals surface area (Å²) in [5.41, 5.74) is 7.08. The van der Waals surface area contributed by atoms with E-state index in [4.69, 9.17) is 14.2 Å². The molecule has 6 aromatic rings. The molecule has 0 saturated carbocycles.